The van der Waals surface area contributed by atoms with Gasteiger partial charge in [0.25, 0.3) is 0 Å². The highest BCUT2D eigenvalue weighted by Gasteiger charge is 2.03. The van der Waals surface area contributed by atoms with E-state index in [0.29, 0.717) is 0 Å². The van der Waals surface area contributed by atoms with Crippen LogP contribution in [0.2, 0.25) is 0 Å². The lowest BCUT2D eigenvalue weighted by Crippen LogP contribution is -1.94. The SMILES string of the molecule is C/C(=N\c1ccccc1C)c1ccccc1O. The molecule has 0 bridgehead atoms. The Morgan fingerprint density at radius 3 is 2.35 bits per heavy atom. The first-order valence-electron chi connectivity index (χ1n) is 5.58. The molecule has 86 valence electrons. The number of phenols is 1. The van der Waals surface area contributed by atoms with Gasteiger partial charge in [0, 0.05) is 11.3 Å². The number of rotatable bonds is 2. The maximum atomic E-state index is 9.75. The summed E-state index contributed by atoms with van der Waals surface area (Å²) < 4.78 is 0. The van der Waals surface area contributed by atoms with Crippen molar-refractivity contribution in [2.24, 2.45) is 4.99 Å². The van der Waals surface area contributed by atoms with E-state index in [-0.39, 0.29) is 5.75 Å². The van der Waals surface area contributed by atoms with Crippen molar-refractivity contribution in [2.45, 2.75) is 13.8 Å². The molecule has 2 rings (SSSR count). The fourth-order valence-electron chi connectivity index (χ4n) is 1.71. The molecule has 0 fully saturated rings. The van der Waals surface area contributed by atoms with E-state index in [1.54, 1.807) is 12.1 Å². The third kappa shape index (κ3) is 2.53. The van der Waals surface area contributed by atoms with Gasteiger partial charge in [0.15, 0.2) is 0 Å². The van der Waals surface area contributed by atoms with Crippen LogP contribution in [0.3, 0.4) is 0 Å². The molecule has 2 nitrogen and oxygen atoms in total. The van der Waals surface area contributed by atoms with E-state index in [9.17, 15) is 5.11 Å². The zero-order valence-electron chi connectivity index (χ0n) is 10.0. The van der Waals surface area contributed by atoms with Crippen LogP contribution in [0.25, 0.3) is 0 Å². The zero-order chi connectivity index (χ0) is 12.3. The van der Waals surface area contributed by atoms with Crippen LogP contribution in [0.4, 0.5) is 5.69 Å². The monoisotopic (exact) mass is 225 g/mol. The van der Waals surface area contributed by atoms with Crippen LogP contribution in [0.5, 0.6) is 5.75 Å². The molecular weight excluding hydrogens is 210 g/mol. The molecule has 0 amide bonds. The number of aliphatic imine (C=N–C) groups is 1. The maximum Gasteiger partial charge on any atom is 0.124 e. The third-order valence-corrected chi connectivity index (χ3v) is 2.70. The van der Waals surface area contributed by atoms with E-state index in [1.807, 2.05) is 50.2 Å². The molecule has 1 N–H and O–H groups in total. The van der Waals surface area contributed by atoms with Gasteiger partial charge in [-0.2, -0.15) is 0 Å². The fourth-order valence-corrected chi connectivity index (χ4v) is 1.71. The molecular formula is C15H15NO. The summed E-state index contributed by atoms with van der Waals surface area (Å²) in [5, 5.41) is 9.75. The summed E-state index contributed by atoms with van der Waals surface area (Å²) in [6.07, 6.45) is 0. The first-order valence-corrected chi connectivity index (χ1v) is 5.58. The number of benzene rings is 2. The lowest BCUT2D eigenvalue weighted by atomic mass is 10.1. The van der Waals surface area contributed by atoms with Gasteiger partial charge in [-0.15, -0.1) is 0 Å². The smallest absolute Gasteiger partial charge is 0.124 e. The second-order valence-electron chi connectivity index (χ2n) is 4.00. The number of aromatic hydroxyl groups is 1. The highest BCUT2D eigenvalue weighted by Crippen LogP contribution is 2.22. The van der Waals surface area contributed by atoms with Crippen LogP contribution in [0.15, 0.2) is 53.5 Å². The van der Waals surface area contributed by atoms with Gasteiger partial charge in [-0.3, -0.25) is 4.99 Å². The van der Waals surface area contributed by atoms with Gasteiger partial charge in [-0.05, 0) is 37.6 Å². The van der Waals surface area contributed by atoms with Gasteiger partial charge in [0.2, 0.25) is 0 Å². The second kappa shape index (κ2) is 4.83. The van der Waals surface area contributed by atoms with Crippen molar-refractivity contribution in [3.05, 3.63) is 59.7 Å². The van der Waals surface area contributed by atoms with Gasteiger partial charge in [-0.25, -0.2) is 0 Å². The average Bonchev–Trinajstić information content (AvgIpc) is 2.32. The molecule has 2 aromatic rings. The largest absolute Gasteiger partial charge is 0.507 e. The summed E-state index contributed by atoms with van der Waals surface area (Å²) in [7, 11) is 0. The summed E-state index contributed by atoms with van der Waals surface area (Å²) >= 11 is 0. The molecule has 0 aromatic heterocycles. The Morgan fingerprint density at radius 1 is 1.00 bits per heavy atom. The summed E-state index contributed by atoms with van der Waals surface area (Å²) in [5.41, 5.74) is 3.66. The molecule has 0 aliphatic carbocycles. The van der Waals surface area contributed by atoms with Crippen molar-refractivity contribution >= 4 is 11.4 Å². The van der Waals surface area contributed by atoms with Gasteiger partial charge in [0.05, 0.1) is 5.69 Å². The standard InChI is InChI=1S/C15H15NO/c1-11-7-3-5-9-14(11)16-12(2)13-8-4-6-10-15(13)17/h3-10,17H,1-2H3/b16-12+. The van der Waals surface area contributed by atoms with Crippen molar-refractivity contribution < 1.29 is 5.11 Å². The Balaban J connectivity index is 2.42. The molecule has 0 atom stereocenters. The van der Waals surface area contributed by atoms with Crippen LogP contribution < -0.4 is 0 Å². The molecule has 17 heavy (non-hydrogen) atoms. The van der Waals surface area contributed by atoms with Crippen LogP contribution in [-0.2, 0) is 0 Å². The molecule has 0 saturated heterocycles. The average molecular weight is 225 g/mol. The number of para-hydroxylation sites is 2. The minimum Gasteiger partial charge on any atom is -0.507 e. The predicted octanol–water partition coefficient (Wildman–Crippen LogP) is 3.84. The summed E-state index contributed by atoms with van der Waals surface area (Å²) in [6, 6.07) is 15.2. The van der Waals surface area contributed by atoms with Crippen molar-refractivity contribution in [1.82, 2.24) is 0 Å². The van der Waals surface area contributed by atoms with E-state index in [1.165, 1.54) is 0 Å². The Labute approximate surface area is 101 Å². The zero-order valence-corrected chi connectivity index (χ0v) is 10.0. The van der Waals surface area contributed by atoms with E-state index in [2.05, 4.69) is 4.99 Å². The van der Waals surface area contributed by atoms with Crippen LogP contribution >= 0.6 is 0 Å². The topological polar surface area (TPSA) is 32.6 Å². The first-order chi connectivity index (χ1) is 8.18. The predicted molar refractivity (Wildman–Crippen MR) is 71.2 cm³/mol. The number of hydrogen-bond acceptors (Lipinski definition) is 2. The van der Waals surface area contributed by atoms with Gasteiger partial charge < -0.3 is 5.11 Å². The highest BCUT2D eigenvalue weighted by molar-refractivity contribution is 6.02. The maximum absolute atomic E-state index is 9.75. The third-order valence-electron chi connectivity index (χ3n) is 2.70. The lowest BCUT2D eigenvalue weighted by molar-refractivity contribution is 0.474. The number of aryl methyl sites for hydroxylation is 1. The lowest BCUT2D eigenvalue weighted by Gasteiger charge is -2.05. The number of phenolic OH excluding ortho intramolecular Hbond substituents is 1. The molecule has 0 aliphatic rings. The Bertz CT molecular complexity index is 558. The van der Waals surface area contributed by atoms with Crippen molar-refractivity contribution in [2.75, 3.05) is 0 Å². The van der Waals surface area contributed by atoms with E-state index in [4.69, 9.17) is 0 Å². The summed E-state index contributed by atoms with van der Waals surface area (Å²) in [4.78, 5) is 4.55. The molecule has 0 heterocycles. The molecule has 0 saturated carbocycles. The van der Waals surface area contributed by atoms with E-state index >= 15 is 0 Å². The van der Waals surface area contributed by atoms with E-state index < -0.39 is 0 Å². The van der Waals surface area contributed by atoms with Crippen LogP contribution in [0.1, 0.15) is 18.1 Å². The normalized spacial score (nSPS) is 11.5. The quantitative estimate of drug-likeness (QED) is 0.774. The van der Waals surface area contributed by atoms with Crippen molar-refractivity contribution in [3.8, 4) is 5.75 Å². The van der Waals surface area contributed by atoms with Crippen molar-refractivity contribution in [1.29, 1.82) is 0 Å². The Morgan fingerprint density at radius 2 is 1.65 bits per heavy atom. The first kappa shape index (κ1) is 11.4. The highest BCUT2D eigenvalue weighted by atomic mass is 16.3. The second-order valence-corrected chi connectivity index (χ2v) is 4.00. The summed E-state index contributed by atoms with van der Waals surface area (Å²) in [6.45, 7) is 3.93. The molecule has 2 aromatic carbocycles. The van der Waals surface area contributed by atoms with Crippen LogP contribution in [0, 0.1) is 6.92 Å². The summed E-state index contributed by atoms with van der Waals surface area (Å²) in [5.74, 6) is 0.266. The number of nitrogens with zero attached hydrogens (tertiary/aromatic N) is 1. The Hall–Kier alpha value is -2.09. The minimum atomic E-state index is 0.266. The van der Waals surface area contributed by atoms with Gasteiger partial charge >= 0.3 is 0 Å². The molecule has 0 radical (unpaired) electrons. The van der Waals surface area contributed by atoms with Crippen molar-refractivity contribution in [3.63, 3.8) is 0 Å². The van der Waals surface area contributed by atoms with Gasteiger partial charge in [0.1, 0.15) is 5.75 Å². The van der Waals surface area contributed by atoms with E-state index in [0.717, 1.165) is 22.5 Å². The van der Waals surface area contributed by atoms with Gasteiger partial charge in [-0.1, -0.05) is 30.3 Å². The van der Waals surface area contributed by atoms with Crippen LogP contribution in [-0.4, -0.2) is 10.8 Å². The molecule has 2 heteroatoms. The molecule has 0 aliphatic heterocycles. The minimum absolute atomic E-state index is 0.266. The molecule has 0 spiro atoms. The fraction of sp³-hybridized carbons (Fsp3) is 0.133. The number of hydrogen-bond donors (Lipinski definition) is 1. The molecule has 0 unspecified atom stereocenters. The Kier molecular flexibility index (Phi) is 3.24.